The minimum atomic E-state index is -0.192. The van der Waals surface area contributed by atoms with E-state index < -0.39 is 0 Å². The van der Waals surface area contributed by atoms with Crippen molar-refractivity contribution in [2.45, 2.75) is 6.04 Å². The number of methoxy groups -OCH3 is 2. The standard InChI is InChI=1S/C23H26N2O3/c1-25(2)20(18-12-7-10-16-9-5-6-11-17(16)18)15-24-23(26)19-13-8-14-21(27-3)22(19)28-4/h5-14,20H,15H2,1-4H3,(H,24,26)/t20-/m0/s1. The van der Waals surface area contributed by atoms with Gasteiger partial charge in [-0.15, -0.1) is 0 Å². The first-order chi connectivity index (χ1) is 13.6. The number of carbonyl (C=O) groups excluding carboxylic acids is 1. The van der Waals surface area contributed by atoms with Crippen LogP contribution < -0.4 is 14.8 Å². The quantitative estimate of drug-likeness (QED) is 0.678. The molecule has 5 nitrogen and oxygen atoms in total. The van der Waals surface area contributed by atoms with Gasteiger partial charge in [0, 0.05) is 6.54 Å². The van der Waals surface area contributed by atoms with E-state index in [2.05, 4.69) is 40.5 Å². The fourth-order valence-corrected chi connectivity index (χ4v) is 3.46. The monoisotopic (exact) mass is 378 g/mol. The third-order valence-corrected chi connectivity index (χ3v) is 4.91. The van der Waals surface area contributed by atoms with Gasteiger partial charge in [-0.3, -0.25) is 4.79 Å². The van der Waals surface area contributed by atoms with Crippen LogP contribution >= 0.6 is 0 Å². The van der Waals surface area contributed by atoms with Crippen molar-refractivity contribution in [2.75, 3.05) is 34.9 Å². The third-order valence-electron chi connectivity index (χ3n) is 4.91. The van der Waals surface area contributed by atoms with Crippen LogP contribution in [0, 0.1) is 0 Å². The summed E-state index contributed by atoms with van der Waals surface area (Å²) in [4.78, 5) is 15.0. The molecule has 3 rings (SSSR count). The average Bonchev–Trinajstić information content (AvgIpc) is 2.72. The summed E-state index contributed by atoms with van der Waals surface area (Å²) in [5.41, 5.74) is 1.64. The number of benzene rings is 3. The molecule has 1 N–H and O–H groups in total. The molecule has 3 aromatic rings. The molecule has 0 spiro atoms. The zero-order chi connectivity index (χ0) is 20.1. The number of ether oxygens (including phenoxy) is 2. The van der Waals surface area contributed by atoms with Crippen molar-refractivity contribution in [3.8, 4) is 11.5 Å². The Balaban J connectivity index is 1.86. The van der Waals surface area contributed by atoms with E-state index in [1.165, 1.54) is 23.4 Å². The lowest BCUT2D eigenvalue weighted by Gasteiger charge is -2.26. The van der Waals surface area contributed by atoms with Gasteiger partial charge in [-0.05, 0) is 42.6 Å². The first kappa shape index (κ1) is 19.7. The van der Waals surface area contributed by atoms with Crippen LogP contribution in [0.25, 0.3) is 10.8 Å². The number of carbonyl (C=O) groups is 1. The van der Waals surface area contributed by atoms with Gasteiger partial charge in [-0.25, -0.2) is 0 Å². The molecule has 3 aromatic carbocycles. The maximum atomic E-state index is 12.8. The van der Waals surface area contributed by atoms with Gasteiger partial charge in [0.25, 0.3) is 5.91 Å². The predicted octanol–water partition coefficient (Wildman–Crippen LogP) is 3.89. The fourth-order valence-electron chi connectivity index (χ4n) is 3.46. The molecular formula is C23H26N2O3. The van der Waals surface area contributed by atoms with Gasteiger partial charge in [0.15, 0.2) is 11.5 Å². The van der Waals surface area contributed by atoms with E-state index in [9.17, 15) is 4.79 Å². The van der Waals surface area contributed by atoms with Crippen LogP contribution in [0.2, 0.25) is 0 Å². The summed E-state index contributed by atoms with van der Waals surface area (Å²) in [7, 11) is 7.13. The predicted molar refractivity (Wildman–Crippen MR) is 112 cm³/mol. The summed E-state index contributed by atoms with van der Waals surface area (Å²) in [6.45, 7) is 0.472. The van der Waals surface area contributed by atoms with E-state index >= 15 is 0 Å². The Hall–Kier alpha value is -3.05. The Bertz CT molecular complexity index is 964. The Morgan fingerprint density at radius 1 is 0.964 bits per heavy atom. The van der Waals surface area contributed by atoms with Crippen molar-refractivity contribution in [3.05, 3.63) is 71.8 Å². The minimum Gasteiger partial charge on any atom is -0.493 e. The number of hydrogen-bond donors (Lipinski definition) is 1. The van der Waals surface area contributed by atoms with E-state index in [1.54, 1.807) is 25.3 Å². The number of rotatable bonds is 7. The zero-order valence-electron chi connectivity index (χ0n) is 16.7. The SMILES string of the molecule is COc1cccc(C(=O)NC[C@@H](c2cccc3ccccc23)N(C)C)c1OC. The Labute approximate surface area is 165 Å². The van der Waals surface area contributed by atoms with Gasteiger partial charge in [-0.1, -0.05) is 48.5 Å². The van der Waals surface area contributed by atoms with Crippen molar-refractivity contribution >= 4 is 16.7 Å². The lowest BCUT2D eigenvalue weighted by Crippen LogP contribution is -2.34. The highest BCUT2D eigenvalue weighted by Crippen LogP contribution is 2.31. The van der Waals surface area contributed by atoms with Gasteiger partial charge in [0.05, 0.1) is 25.8 Å². The number of nitrogens with zero attached hydrogens (tertiary/aromatic N) is 1. The topological polar surface area (TPSA) is 50.8 Å². The minimum absolute atomic E-state index is 0.0339. The van der Waals surface area contributed by atoms with Crippen molar-refractivity contribution < 1.29 is 14.3 Å². The summed E-state index contributed by atoms with van der Waals surface area (Å²) < 4.78 is 10.7. The molecule has 0 aliphatic heterocycles. The van der Waals surface area contributed by atoms with Crippen LogP contribution in [0.15, 0.2) is 60.7 Å². The van der Waals surface area contributed by atoms with Gasteiger partial charge in [0.1, 0.15) is 0 Å². The molecule has 1 amide bonds. The van der Waals surface area contributed by atoms with Crippen LogP contribution in [0.1, 0.15) is 22.0 Å². The molecule has 0 saturated heterocycles. The van der Waals surface area contributed by atoms with Gasteiger partial charge in [0.2, 0.25) is 0 Å². The maximum Gasteiger partial charge on any atom is 0.255 e. The zero-order valence-corrected chi connectivity index (χ0v) is 16.7. The normalized spacial score (nSPS) is 12.0. The number of nitrogens with one attached hydrogen (secondary N) is 1. The highest BCUT2D eigenvalue weighted by Gasteiger charge is 2.20. The Kier molecular flexibility index (Phi) is 6.16. The summed E-state index contributed by atoms with van der Waals surface area (Å²) in [5.74, 6) is 0.783. The summed E-state index contributed by atoms with van der Waals surface area (Å²) in [5, 5.41) is 5.43. The molecule has 5 heteroatoms. The second kappa shape index (κ2) is 8.76. The maximum absolute atomic E-state index is 12.8. The first-order valence-electron chi connectivity index (χ1n) is 9.20. The smallest absolute Gasteiger partial charge is 0.255 e. The number of hydrogen-bond acceptors (Lipinski definition) is 4. The molecule has 0 saturated carbocycles. The highest BCUT2D eigenvalue weighted by atomic mass is 16.5. The van der Waals surface area contributed by atoms with E-state index in [-0.39, 0.29) is 11.9 Å². The Morgan fingerprint density at radius 2 is 1.68 bits per heavy atom. The second-order valence-electron chi connectivity index (χ2n) is 6.80. The molecular weight excluding hydrogens is 352 g/mol. The van der Waals surface area contributed by atoms with E-state index in [4.69, 9.17) is 9.47 Å². The molecule has 0 bridgehead atoms. The summed E-state index contributed by atoms with van der Waals surface area (Å²) in [6, 6.07) is 19.9. The van der Waals surface area contributed by atoms with Crippen molar-refractivity contribution in [1.29, 1.82) is 0 Å². The molecule has 0 aliphatic rings. The first-order valence-corrected chi connectivity index (χ1v) is 9.20. The number of para-hydroxylation sites is 1. The summed E-state index contributed by atoms with van der Waals surface area (Å²) >= 11 is 0. The van der Waals surface area contributed by atoms with Crippen LogP contribution in [-0.2, 0) is 0 Å². The number of amides is 1. The molecule has 0 aromatic heterocycles. The molecule has 28 heavy (non-hydrogen) atoms. The lowest BCUT2D eigenvalue weighted by molar-refractivity contribution is 0.0938. The lowest BCUT2D eigenvalue weighted by atomic mass is 9.98. The third kappa shape index (κ3) is 3.94. The number of fused-ring (bicyclic) bond motifs is 1. The van der Waals surface area contributed by atoms with E-state index in [1.807, 2.05) is 26.2 Å². The van der Waals surface area contributed by atoms with Gasteiger partial charge >= 0.3 is 0 Å². The largest absolute Gasteiger partial charge is 0.493 e. The summed E-state index contributed by atoms with van der Waals surface area (Å²) in [6.07, 6.45) is 0. The Morgan fingerprint density at radius 3 is 2.39 bits per heavy atom. The van der Waals surface area contributed by atoms with Crippen LogP contribution in [0.5, 0.6) is 11.5 Å². The molecule has 0 aliphatic carbocycles. The average molecular weight is 378 g/mol. The van der Waals surface area contributed by atoms with E-state index in [0.29, 0.717) is 23.6 Å². The molecule has 146 valence electrons. The van der Waals surface area contributed by atoms with Crippen LogP contribution in [-0.4, -0.2) is 45.7 Å². The molecule has 0 heterocycles. The highest BCUT2D eigenvalue weighted by molar-refractivity contribution is 5.98. The molecule has 0 radical (unpaired) electrons. The van der Waals surface area contributed by atoms with Gasteiger partial charge < -0.3 is 19.7 Å². The van der Waals surface area contributed by atoms with Crippen LogP contribution in [0.3, 0.4) is 0 Å². The fraction of sp³-hybridized carbons (Fsp3) is 0.261. The van der Waals surface area contributed by atoms with Crippen LogP contribution in [0.4, 0.5) is 0 Å². The van der Waals surface area contributed by atoms with Crippen molar-refractivity contribution in [2.24, 2.45) is 0 Å². The number of likely N-dealkylation sites (N-methyl/N-ethyl adjacent to an activating group) is 1. The van der Waals surface area contributed by atoms with E-state index in [0.717, 1.165) is 0 Å². The molecule has 1 atom stereocenters. The van der Waals surface area contributed by atoms with Gasteiger partial charge in [-0.2, -0.15) is 0 Å². The van der Waals surface area contributed by atoms with Crippen molar-refractivity contribution in [3.63, 3.8) is 0 Å². The second-order valence-corrected chi connectivity index (χ2v) is 6.80. The molecule has 0 fully saturated rings. The molecule has 0 unspecified atom stereocenters. The van der Waals surface area contributed by atoms with Crippen molar-refractivity contribution in [1.82, 2.24) is 10.2 Å².